The fourth-order valence-electron chi connectivity index (χ4n) is 1.46. The molecule has 0 bridgehead atoms. The number of hydrogen-bond donors (Lipinski definition) is 2. The van der Waals surface area contributed by atoms with Crippen molar-refractivity contribution in [2.45, 2.75) is 20.4 Å². The second-order valence-electron chi connectivity index (χ2n) is 3.99. The maximum Gasteiger partial charge on any atom is 0.320 e. The van der Waals surface area contributed by atoms with Crippen LogP contribution >= 0.6 is 27.5 Å². The van der Waals surface area contributed by atoms with E-state index in [1.54, 1.807) is 0 Å². The SMILES string of the molecule is CCNCc1nnc(Nc2cc(Cl)c(C)cc2Br)o1. The number of benzene rings is 1. The quantitative estimate of drug-likeness (QED) is 0.866. The lowest BCUT2D eigenvalue weighted by Crippen LogP contribution is -2.11. The molecule has 1 aromatic heterocycles. The van der Waals surface area contributed by atoms with E-state index in [-0.39, 0.29) is 0 Å². The number of hydrogen-bond acceptors (Lipinski definition) is 5. The third-order valence-electron chi connectivity index (χ3n) is 2.48. The van der Waals surface area contributed by atoms with E-state index in [0.717, 1.165) is 22.3 Å². The van der Waals surface area contributed by atoms with Gasteiger partial charge in [0.1, 0.15) is 0 Å². The topological polar surface area (TPSA) is 63.0 Å². The van der Waals surface area contributed by atoms with Crippen LogP contribution in [0.2, 0.25) is 5.02 Å². The zero-order chi connectivity index (χ0) is 13.8. The highest BCUT2D eigenvalue weighted by Crippen LogP contribution is 2.30. The maximum atomic E-state index is 6.09. The van der Waals surface area contributed by atoms with E-state index in [9.17, 15) is 0 Å². The molecular weight excluding hydrogens is 332 g/mol. The van der Waals surface area contributed by atoms with Crippen molar-refractivity contribution < 1.29 is 4.42 Å². The number of nitrogens with one attached hydrogen (secondary N) is 2. The Morgan fingerprint density at radius 3 is 2.89 bits per heavy atom. The average Bonchev–Trinajstić information content (AvgIpc) is 2.81. The summed E-state index contributed by atoms with van der Waals surface area (Å²) in [6.07, 6.45) is 0. The highest BCUT2D eigenvalue weighted by molar-refractivity contribution is 9.10. The van der Waals surface area contributed by atoms with Gasteiger partial charge in [-0.05, 0) is 47.1 Å². The van der Waals surface area contributed by atoms with Gasteiger partial charge in [0.2, 0.25) is 5.89 Å². The molecule has 0 spiro atoms. The van der Waals surface area contributed by atoms with Gasteiger partial charge in [0, 0.05) is 9.50 Å². The van der Waals surface area contributed by atoms with Crippen LogP contribution in [0, 0.1) is 6.92 Å². The molecule has 2 rings (SSSR count). The lowest BCUT2D eigenvalue weighted by molar-refractivity contribution is 0.484. The summed E-state index contributed by atoms with van der Waals surface area (Å²) in [7, 11) is 0. The first-order valence-corrected chi connectivity index (χ1v) is 7.03. The lowest BCUT2D eigenvalue weighted by Gasteiger charge is -2.07. The van der Waals surface area contributed by atoms with Crippen molar-refractivity contribution >= 4 is 39.2 Å². The van der Waals surface area contributed by atoms with Gasteiger partial charge in [0.15, 0.2) is 0 Å². The first-order valence-electron chi connectivity index (χ1n) is 5.86. The van der Waals surface area contributed by atoms with Crippen LogP contribution in [0.1, 0.15) is 18.4 Å². The van der Waals surface area contributed by atoms with Gasteiger partial charge >= 0.3 is 6.01 Å². The van der Waals surface area contributed by atoms with Crippen LogP contribution in [0.3, 0.4) is 0 Å². The molecule has 0 aliphatic carbocycles. The molecule has 0 aliphatic rings. The van der Waals surface area contributed by atoms with Gasteiger partial charge in [-0.2, -0.15) is 0 Å². The third-order valence-corrected chi connectivity index (χ3v) is 3.55. The smallest absolute Gasteiger partial charge is 0.320 e. The van der Waals surface area contributed by atoms with Crippen molar-refractivity contribution in [3.63, 3.8) is 0 Å². The van der Waals surface area contributed by atoms with Gasteiger partial charge in [-0.1, -0.05) is 23.6 Å². The fourth-order valence-corrected chi connectivity index (χ4v) is 2.19. The molecule has 0 saturated carbocycles. The summed E-state index contributed by atoms with van der Waals surface area (Å²) in [6.45, 7) is 5.37. The number of rotatable bonds is 5. The number of nitrogens with zero attached hydrogens (tertiary/aromatic N) is 2. The van der Waals surface area contributed by atoms with Gasteiger partial charge in [-0.3, -0.25) is 0 Å². The Kier molecular flexibility index (Phi) is 4.79. The molecule has 0 fully saturated rings. The summed E-state index contributed by atoms with van der Waals surface area (Å²) in [5.74, 6) is 0.540. The first kappa shape index (κ1) is 14.3. The molecule has 2 N–H and O–H groups in total. The zero-order valence-electron chi connectivity index (χ0n) is 10.6. The van der Waals surface area contributed by atoms with E-state index in [1.807, 2.05) is 26.0 Å². The van der Waals surface area contributed by atoms with Gasteiger partial charge in [0.05, 0.1) is 12.2 Å². The van der Waals surface area contributed by atoms with Crippen molar-refractivity contribution in [2.75, 3.05) is 11.9 Å². The summed E-state index contributed by atoms with van der Waals surface area (Å²) in [6, 6.07) is 4.09. The van der Waals surface area contributed by atoms with Crippen molar-refractivity contribution in [3.8, 4) is 0 Å². The van der Waals surface area contributed by atoms with Crippen LogP contribution in [-0.2, 0) is 6.54 Å². The average molecular weight is 346 g/mol. The van der Waals surface area contributed by atoms with E-state index >= 15 is 0 Å². The van der Waals surface area contributed by atoms with E-state index < -0.39 is 0 Å². The summed E-state index contributed by atoms with van der Waals surface area (Å²) in [5.41, 5.74) is 1.78. The molecule has 19 heavy (non-hydrogen) atoms. The Bertz CT molecular complexity index is 573. The molecule has 0 atom stereocenters. The van der Waals surface area contributed by atoms with Crippen molar-refractivity contribution in [2.24, 2.45) is 0 Å². The molecule has 0 amide bonds. The normalized spacial score (nSPS) is 10.7. The highest BCUT2D eigenvalue weighted by Gasteiger charge is 2.09. The van der Waals surface area contributed by atoms with Crippen LogP contribution in [0.5, 0.6) is 0 Å². The maximum absolute atomic E-state index is 6.09. The molecule has 0 aliphatic heterocycles. The molecule has 1 heterocycles. The highest BCUT2D eigenvalue weighted by atomic mass is 79.9. The standard InChI is InChI=1S/C12H14BrClN4O/c1-3-15-6-11-17-18-12(19-11)16-10-5-9(14)7(2)4-8(10)13/h4-5,15H,3,6H2,1-2H3,(H,16,18). The van der Waals surface area contributed by atoms with Gasteiger partial charge in [-0.15, -0.1) is 5.10 Å². The third kappa shape index (κ3) is 3.68. The Morgan fingerprint density at radius 2 is 2.16 bits per heavy atom. The van der Waals surface area contributed by atoms with E-state index in [2.05, 4.69) is 36.8 Å². The molecule has 1 aromatic carbocycles. The van der Waals surface area contributed by atoms with Gasteiger partial charge < -0.3 is 15.1 Å². The number of aryl methyl sites for hydroxylation is 1. The predicted octanol–water partition coefficient (Wildman–Crippen LogP) is 3.65. The summed E-state index contributed by atoms with van der Waals surface area (Å²) >= 11 is 9.55. The number of halogens is 2. The van der Waals surface area contributed by atoms with Crippen molar-refractivity contribution in [3.05, 3.63) is 33.1 Å². The Hall–Kier alpha value is -1.11. The van der Waals surface area contributed by atoms with E-state index in [4.69, 9.17) is 16.0 Å². The van der Waals surface area contributed by atoms with Crippen LogP contribution in [0.25, 0.3) is 0 Å². The Labute approximate surface area is 124 Å². The molecule has 102 valence electrons. The fraction of sp³-hybridized carbons (Fsp3) is 0.333. The van der Waals surface area contributed by atoms with Gasteiger partial charge in [0.25, 0.3) is 0 Å². The zero-order valence-corrected chi connectivity index (χ0v) is 13.0. The number of aromatic nitrogens is 2. The summed E-state index contributed by atoms with van der Waals surface area (Å²) in [4.78, 5) is 0. The molecule has 0 unspecified atom stereocenters. The summed E-state index contributed by atoms with van der Waals surface area (Å²) < 4.78 is 6.34. The Balaban J connectivity index is 2.12. The summed E-state index contributed by atoms with van der Waals surface area (Å²) in [5, 5.41) is 14.7. The second kappa shape index (κ2) is 6.36. The predicted molar refractivity (Wildman–Crippen MR) is 78.9 cm³/mol. The van der Waals surface area contributed by atoms with E-state index in [1.165, 1.54) is 0 Å². The van der Waals surface area contributed by atoms with Crippen LogP contribution < -0.4 is 10.6 Å². The van der Waals surface area contributed by atoms with Crippen molar-refractivity contribution in [1.29, 1.82) is 0 Å². The van der Waals surface area contributed by atoms with E-state index in [0.29, 0.717) is 23.5 Å². The second-order valence-corrected chi connectivity index (χ2v) is 5.25. The molecular formula is C12H14BrClN4O. The largest absolute Gasteiger partial charge is 0.406 e. The lowest BCUT2D eigenvalue weighted by atomic mass is 10.2. The molecule has 0 radical (unpaired) electrons. The monoisotopic (exact) mass is 344 g/mol. The van der Waals surface area contributed by atoms with Crippen LogP contribution in [0.4, 0.5) is 11.7 Å². The number of anilines is 2. The first-order chi connectivity index (χ1) is 9.10. The molecule has 5 nitrogen and oxygen atoms in total. The molecule has 7 heteroatoms. The van der Waals surface area contributed by atoms with Crippen molar-refractivity contribution in [1.82, 2.24) is 15.5 Å². The molecule has 0 saturated heterocycles. The van der Waals surface area contributed by atoms with Gasteiger partial charge in [-0.25, -0.2) is 0 Å². The minimum absolute atomic E-state index is 0.341. The Morgan fingerprint density at radius 1 is 1.37 bits per heavy atom. The minimum Gasteiger partial charge on any atom is -0.406 e. The minimum atomic E-state index is 0.341. The molecule has 2 aromatic rings. The van der Waals surface area contributed by atoms with Crippen LogP contribution in [-0.4, -0.2) is 16.7 Å². The van der Waals surface area contributed by atoms with Crippen LogP contribution in [0.15, 0.2) is 21.0 Å².